The van der Waals surface area contributed by atoms with Crippen LogP contribution in [0, 0.1) is 0 Å². The van der Waals surface area contributed by atoms with Gasteiger partial charge in [-0.3, -0.25) is 4.79 Å². The molecule has 0 spiro atoms. The Morgan fingerprint density at radius 1 is 1.30 bits per heavy atom. The summed E-state index contributed by atoms with van der Waals surface area (Å²) in [6.45, 7) is 1.11. The van der Waals surface area contributed by atoms with Gasteiger partial charge < -0.3 is 10.0 Å². The maximum Gasteiger partial charge on any atom is 0.303 e. The van der Waals surface area contributed by atoms with E-state index in [1.165, 1.54) is 0 Å². The maximum absolute atomic E-state index is 11.8. The van der Waals surface area contributed by atoms with Crippen LogP contribution in [0.25, 0.3) is 0 Å². The number of nitrogens with zero attached hydrogens (tertiary/aromatic N) is 1. The Hall–Kier alpha value is -1.56. The van der Waals surface area contributed by atoms with Crippen LogP contribution in [-0.4, -0.2) is 43.1 Å². The molecule has 2 bridgehead atoms. The van der Waals surface area contributed by atoms with Gasteiger partial charge in [0.25, 0.3) is 0 Å². The highest BCUT2D eigenvalue weighted by Crippen LogP contribution is 2.37. The number of hydrogen-bond acceptors (Lipinski definition) is 4. The number of piperidine rings is 1. The molecule has 3 fully saturated rings. The van der Waals surface area contributed by atoms with Crippen LogP contribution in [0.15, 0.2) is 24.3 Å². The quantitative estimate of drug-likeness (QED) is 0.899. The normalized spacial score (nSPS) is 26.9. The summed E-state index contributed by atoms with van der Waals surface area (Å²) in [6.07, 6.45) is 1.41. The van der Waals surface area contributed by atoms with Crippen LogP contribution in [0.2, 0.25) is 0 Å². The van der Waals surface area contributed by atoms with Crippen LogP contribution in [0.3, 0.4) is 0 Å². The lowest BCUT2D eigenvalue weighted by Crippen LogP contribution is -2.62. The van der Waals surface area contributed by atoms with Crippen molar-refractivity contribution in [3.63, 3.8) is 0 Å². The molecule has 1 aromatic rings. The minimum atomic E-state index is -2.86. The van der Waals surface area contributed by atoms with Gasteiger partial charge in [0, 0.05) is 25.2 Å². The number of fused-ring (bicyclic) bond motifs is 2. The van der Waals surface area contributed by atoms with E-state index in [0.717, 1.165) is 17.7 Å². The first kappa shape index (κ1) is 13.4. The van der Waals surface area contributed by atoms with E-state index >= 15 is 0 Å². The second kappa shape index (κ2) is 4.77. The van der Waals surface area contributed by atoms with E-state index in [2.05, 4.69) is 4.90 Å². The minimum absolute atomic E-state index is 0.114. The summed E-state index contributed by atoms with van der Waals surface area (Å²) >= 11 is 0. The zero-order valence-corrected chi connectivity index (χ0v) is 11.8. The Morgan fingerprint density at radius 3 is 2.60 bits per heavy atom. The van der Waals surface area contributed by atoms with Crippen molar-refractivity contribution in [2.45, 2.75) is 29.8 Å². The van der Waals surface area contributed by atoms with Gasteiger partial charge in [0.2, 0.25) is 0 Å². The molecule has 1 N–H and O–H groups in total. The maximum atomic E-state index is 11.8. The number of hydrogen-bond donors (Lipinski definition) is 1. The number of carbonyl (C=O) groups is 1. The summed E-state index contributed by atoms with van der Waals surface area (Å²) in [5.41, 5.74) is 1.98. The highest BCUT2D eigenvalue weighted by atomic mass is 32.2. The average Bonchev–Trinajstić information content (AvgIpc) is 2.45. The third-order valence-electron chi connectivity index (χ3n) is 4.21. The summed E-state index contributed by atoms with van der Waals surface area (Å²) in [4.78, 5) is 12.7. The average molecular weight is 295 g/mol. The lowest BCUT2D eigenvalue weighted by Gasteiger charge is -2.47. The molecule has 3 aliphatic heterocycles. The Labute approximate surface area is 118 Å². The Kier molecular flexibility index (Phi) is 3.20. The topological polar surface area (TPSA) is 74.7 Å². The zero-order chi connectivity index (χ0) is 14.3. The lowest BCUT2D eigenvalue weighted by molar-refractivity contribution is -0.136. The van der Waals surface area contributed by atoms with Gasteiger partial charge in [-0.25, -0.2) is 8.42 Å². The Bertz CT molecular complexity index is 622. The molecule has 4 rings (SSSR count). The van der Waals surface area contributed by atoms with Gasteiger partial charge in [-0.2, -0.15) is 0 Å². The van der Waals surface area contributed by atoms with Gasteiger partial charge in [-0.1, -0.05) is 12.1 Å². The molecule has 2 atom stereocenters. The molecule has 0 radical (unpaired) electrons. The summed E-state index contributed by atoms with van der Waals surface area (Å²) in [5, 5.41) is 8.28. The van der Waals surface area contributed by atoms with Crippen molar-refractivity contribution in [3.8, 4) is 0 Å². The molecule has 3 heterocycles. The molecule has 3 saturated heterocycles. The SMILES string of the molecule is O=C(O)CCc1cccc(N2CC3CC(C2)S3(=O)=O)c1. The van der Waals surface area contributed by atoms with Gasteiger partial charge in [-0.05, 0) is 30.5 Å². The van der Waals surface area contributed by atoms with Crippen LogP contribution >= 0.6 is 0 Å². The lowest BCUT2D eigenvalue weighted by atomic mass is 10.1. The van der Waals surface area contributed by atoms with Gasteiger partial charge in [0.05, 0.1) is 10.5 Å². The van der Waals surface area contributed by atoms with Crippen molar-refractivity contribution in [1.29, 1.82) is 0 Å². The van der Waals surface area contributed by atoms with E-state index in [9.17, 15) is 13.2 Å². The van der Waals surface area contributed by atoms with Crippen LogP contribution < -0.4 is 4.90 Å². The second-order valence-electron chi connectivity index (χ2n) is 5.54. The van der Waals surface area contributed by atoms with E-state index in [1.54, 1.807) is 0 Å². The predicted octanol–water partition coefficient (Wildman–Crippen LogP) is 1.08. The zero-order valence-electron chi connectivity index (χ0n) is 11.0. The molecular weight excluding hydrogens is 278 g/mol. The van der Waals surface area contributed by atoms with Crippen molar-refractivity contribution < 1.29 is 18.3 Å². The highest BCUT2D eigenvalue weighted by molar-refractivity contribution is 7.94. The number of rotatable bonds is 4. The summed E-state index contributed by atoms with van der Waals surface area (Å²) < 4.78 is 23.5. The number of benzene rings is 1. The van der Waals surface area contributed by atoms with Crippen LogP contribution in [0.5, 0.6) is 0 Å². The molecular formula is C14H17NO4S. The standard InChI is InChI=1S/C14H17NO4S/c16-14(17)5-4-10-2-1-3-11(6-10)15-8-12-7-13(9-15)20(12,18)19/h1-3,6,12-13H,4-5,7-9H2,(H,16,17). The molecule has 0 aromatic heterocycles. The molecule has 3 aliphatic rings. The summed E-state index contributed by atoms with van der Waals surface area (Å²) in [7, 11) is -2.86. The van der Waals surface area contributed by atoms with Crippen LogP contribution in [0.4, 0.5) is 5.69 Å². The molecule has 0 saturated carbocycles. The molecule has 108 valence electrons. The summed E-state index contributed by atoms with van der Waals surface area (Å²) in [5.74, 6) is -0.805. The first-order valence-corrected chi connectivity index (χ1v) is 8.36. The fraction of sp³-hybridized carbons (Fsp3) is 0.500. The van der Waals surface area contributed by atoms with Crippen molar-refractivity contribution in [1.82, 2.24) is 0 Å². The third kappa shape index (κ3) is 2.28. The van der Waals surface area contributed by atoms with Gasteiger partial charge in [-0.15, -0.1) is 0 Å². The number of carboxylic acid groups (broad SMARTS) is 1. The van der Waals surface area contributed by atoms with Crippen molar-refractivity contribution in [2.75, 3.05) is 18.0 Å². The smallest absolute Gasteiger partial charge is 0.303 e. The number of aliphatic carboxylic acids is 1. The number of carboxylic acids is 1. The van der Waals surface area contributed by atoms with Gasteiger partial charge in [0.15, 0.2) is 9.84 Å². The second-order valence-corrected chi connectivity index (χ2v) is 8.05. The monoisotopic (exact) mass is 295 g/mol. The third-order valence-corrected chi connectivity index (χ3v) is 6.75. The fourth-order valence-corrected chi connectivity index (χ4v) is 4.97. The molecule has 6 heteroatoms. The van der Waals surface area contributed by atoms with E-state index in [1.807, 2.05) is 24.3 Å². The Balaban J connectivity index is 1.72. The molecule has 5 nitrogen and oxygen atoms in total. The van der Waals surface area contributed by atoms with Crippen molar-refractivity contribution >= 4 is 21.5 Å². The molecule has 2 unspecified atom stereocenters. The van der Waals surface area contributed by atoms with E-state index in [0.29, 0.717) is 19.5 Å². The minimum Gasteiger partial charge on any atom is -0.481 e. The first-order chi connectivity index (χ1) is 9.46. The first-order valence-electron chi connectivity index (χ1n) is 6.75. The predicted molar refractivity (Wildman–Crippen MR) is 75.7 cm³/mol. The fourth-order valence-electron chi connectivity index (χ4n) is 3.01. The van der Waals surface area contributed by atoms with Gasteiger partial charge >= 0.3 is 5.97 Å². The Morgan fingerprint density at radius 2 is 2.00 bits per heavy atom. The van der Waals surface area contributed by atoms with Crippen LogP contribution in [0.1, 0.15) is 18.4 Å². The van der Waals surface area contributed by atoms with E-state index in [4.69, 9.17) is 5.11 Å². The van der Waals surface area contributed by atoms with E-state index < -0.39 is 15.8 Å². The highest BCUT2D eigenvalue weighted by Gasteiger charge is 2.51. The number of aryl methyl sites for hydroxylation is 1. The molecule has 20 heavy (non-hydrogen) atoms. The molecule has 0 amide bonds. The molecule has 1 aromatic carbocycles. The van der Waals surface area contributed by atoms with Crippen LogP contribution in [-0.2, 0) is 21.1 Å². The number of sulfone groups is 1. The molecule has 0 aliphatic carbocycles. The summed E-state index contributed by atoms with van der Waals surface area (Å²) in [6, 6.07) is 7.75. The van der Waals surface area contributed by atoms with E-state index in [-0.39, 0.29) is 16.9 Å². The van der Waals surface area contributed by atoms with Gasteiger partial charge in [0.1, 0.15) is 0 Å². The largest absolute Gasteiger partial charge is 0.481 e. The number of anilines is 1. The van der Waals surface area contributed by atoms with Crippen molar-refractivity contribution in [2.24, 2.45) is 0 Å². The van der Waals surface area contributed by atoms with Crippen molar-refractivity contribution in [3.05, 3.63) is 29.8 Å².